The van der Waals surface area contributed by atoms with Gasteiger partial charge in [0.25, 0.3) is 0 Å². The summed E-state index contributed by atoms with van der Waals surface area (Å²) in [6.45, 7) is 7.06. The van der Waals surface area contributed by atoms with Crippen LogP contribution in [-0.2, 0) is 6.54 Å². The second-order valence-electron chi connectivity index (χ2n) is 7.24. The van der Waals surface area contributed by atoms with Gasteiger partial charge in [0, 0.05) is 11.6 Å². The lowest BCUT2D eigenvalue weighted by atomic mass is 9.64. The van der Waals surface area contributed by atoms with Gasteiger partial charge in [-0.25, -0.2) is 0 Å². The number of aliphatic hydroxyl groups excluding tert-OH is 1. The predicted octanol–water partition coefficient (Wildman–Crippen LogP) is 2.01. The Labute approximate surface area is 125 Å². The highest BCUT2D eigenvalue weighted by atomic mass is 16.4. The molecule has 0 amide bonds. The van der Waals surface area contributed by atoms with E-state index < -0.39 is 5.43 Å². The number of rotatable bonds is 4. The number of hydrogen-bond donors (Lipinski definition) is 3. The standard InChI is InChI=1S/C16H25NO4/c1-11-5-15(2,3)9-16(6-11,10-18)17-7-12-4-13(19)14(20)8-21-12/h4,8,11,17-18,20H,5-7,9-10H2,1-3H3. The fourth-order valence-electron chi connectivity index (χ4n) is 3.87. The molecule has 5 nitrogen and oxygen atoms in total. The van der Waals surface area contributed by atoms with Gasteiger partial charge in [0.15, 0.2) is 5.75 Å². The van der Waals surface area contributed by atoms with Gasteiger partial charge in [-0.1, -0.05) is 20.8 Å². The quantitative estimate of drug-likeness (QED) is 0.791. The van der Waals surface area contributed by atoms with Crippen molar-refractivity contribution in [2.45, 2.75) is 52.1 Å². The summed E-state index contributed by atoms with van der Waals surface area (Å²) in [5.41, 5.74) is -0.630. The first-order chi connectivity index (χ1) is 9.75. The van der Waals surface area contributed by atoms with Crippen LogP contribution in [0.5, 0.6) is 5.75 Å². The predicted molar refractivity (Wildman–Crippen MR) is 80.1 cm³/mol. The van der Waals surface area contributed by atoms with Gasteiger partial charge >= 0.3 is 0 Å². The first-order valence-corrected chi connectivity index (χ1v) is 7.42. The molecule has 0 radical (unpaired) electrons. The normalized spacial score (nSPS) is 28.5. The van der Waals surface area contributed by atoms with E-state index in [0.717, 1.165) is 25.5 Å². The number of nitrogens with one attached hydrogen (secondary N) is 1. The van der Waals surface area contributed by atoms with Gasteiger partial charge in [0.1, 0.15) is 12.0 Å². The van der Waals surface area contributed by atoms with Crippen molar-refractivity contribution in [1.82, 2.24) is 5.32 Å². The summed E-state index contributed by atoms with van der Waals surface area (Å²) in [4.78, 5) is 11.4. The van der Waals surface area contributed by atoms with Gasteiger partial charge in [-0.05, 0) is 30.6 Å². The van der Waals surface area contributed by atoms with Crippen molar-refractivity contribution < 1.29 is 14.6 Å². The van der Waals surface area contributed by atoms with E-state index in [9.17, 15) is 15.0 Å². The van der Waals surface area contributed by atoms with Crippen LogP contribution >= 0.6 is 0 Å². The number of aromatic hydroxyl groups is 1. The Balaban J connectivity index is 2.11. The van der Waals surface area contributed by atoms with Crippen molar-refractivity contribution in [2.75, 3.05) is 6.61 Å². The van der Waals surface area contributed by atoms with Crippen molar-refractivity contribution in [3.8, 4) is 5.75 Å². The highest BCUT2D eigenvalue weighted by Gasteiger charge is 2.42. The smallest absolute Gasteiger partial charge is 0.226 e. The molecule has 1 aromatic rings. The summed E-state index contributed by atoms with van der Waals surface area (Å²) in [7, 11) is 0. The molecule has 2 rings (SSSR count). The molecule has 2 unspecified atom stereocenters. The summed E-state index contributed by atoms with van der Waals surface area (Å²) in [5.74, 6) is 0.602. The van der Waals surface area contributed by atoms with Crippen LogP contribution < -0.4 is 10.7 Å². The van der Waals surface area contributed by atoms with Crippen molar-refractivity contribution in [3.05, 3.63) is 28.3 Å². The van der Waals surface area contributed by atoms with Gasteiger partial charge in [-0.2, -0.15) is 0 Å². The zero-order chi connectivity index (χ0) is 15.7. The maximum atomic E-state index is 11.4. The van der Waals surface area contributed by atoms with Gasteiger partial charge in [-0.3, -0.25) is 4.79 Å². The molecular weight excluding hydrogens is 270 g/mol. The fourth-order valence-corrected chi connectivity index (χ4v) is 3.87. The van der Waals surface area contributed by atoms with Crippen LogP contribution in [-0.4, -0.2) is 22.4 Å². The van der Waals surface area contributed by atoms with Crippen molar-refractivity contribution >= 4 is 0 Å². The molecule has 1 fully saturated rings. The molecule has 0 aromatic carbocycles. The van der Waals surface area contributed by atoms with Crippen LogP contribution in [0.25, 0.3) is 0 Å². The minimum Gasteiger partial charge on any atom is -0.502 e. The highest BCUT2D eigenvalue weighted by molar-refractivity contribution is 5.15. The monoisotopic (exact) mass is 295 g/mol. The average Bonchev–Trinajstić information content (AvgIpc) is 2.38. The molecule has 1 aromatic heterocycles. The van der Waals surface area contributed by atoms with Crippen LogP contribution in [0, 0.1) is 11.3 Å². The van der Waals surface area contributed by atoms with Crippen LogP contribution in [0.15, 0.2) is 21.5 Å². The Kier molecular flexibility index (Phi) is 4.44. The minimum absolute atomic E-state index is 0.0586. The second kappa shape index (κ2) is 5.81. The SMILES string of the molecule is CC1CC(C)(C)CC(CO)(NCc2cc(=O)c(O)co2)C1. The summed E-state index contributed by atoms with van der Waals surface area (Å²) >= 11 is 0. The van der Waals surface area contributed by atoms with E-state index in [4.69, 9.17) is 4.42 Å². The van der Waals surface area contributed by atoms with Gasteiger partial charge < -0.3 is 19.9 Å². The summed E-state index contributed by atoms with van der Waals surface area (Å²) in [5, 5.41) is 22.4. The fraction of sp³-hybridized carbons (Fsp3) is 0.688. The Morgan fingerprint density at radius 1 is 1.43 bits per heavy atom. The molecule has 5 heteroatoms. The molecular formula is C16H25NO4. The molecule has 0 spiro atoms. The summed E-state index contributed by atoms with van der Waals surface area (Å²) in [6, 6.07) is 1.28. The lowest BCUT2D eigenvalue weighted by Crippen LogP contribution is -2.54. The van der Waals surface area contributed by atoms with E-state index in [0.29, 0.717) is 18.2 Å². The average molecular weight is 295 g/mol. The maximum absolute atomic E-state index is 11.4. The van der Waals surface area contributed by atoms with E-state index in [1.165, 1.54) is 6.07 Å². The van der Waals surface area contributed by atoms with E-state index >= 15 is 0 Å². The zero-order valence-corrected chi connectivity index (χ0v) is 13.0. The summed E-state index contributed by atoms with van der Waals surface area (Å²) < 4.78 is 5.20. The molecule has 1 saturated carbocycles. The Morgan fingerprint density at radius 2 is 2.14 bits per heavy atom. The molecule has 21 heavy (non-hydrogen) atoms. The van der Waals surface area contributed by atoms with Crippen LogP contribution in [0.3, 0.4) is 0 Å². The lowest BCUT2D eigenvalue weighted by Gasteiger charge is -2.47. The molecule has 1 aliphatic carbocycles. The molecule has 1 heterocycles. The van der Waals surface area contributed by atoms with Crippen molar-refractivity contribution in [1.29, 1.82) is 0 Å². The van der Waals surface area contributed by atoms with Crippen LogP contribution in [0.4, 0.5) is 0 Å². The van der Waals surface area contributed by atoms with Gasteiger partial charge in [0.2, 0.25) is 5.43 Å². The number of hydrogen-bond acceptors (Lipinski definition) is 5. The molecule has 118 valence electrons. The van der Waals surface area contributed by atoms with Crippen LogP contribution in [0.2, 0.25) is 0 Å². The Hall–Kier alpha value is -1.33. The van der Waals surface area contributed by atoms with Gasteiger partial charge in [-0.15, -0.1) is 0 Å². The Bertz CT molecular complexity index is 551. The first-order valence-electron chi connectivity index (χ1n) is 7.42. The topological polar surface area (TPSA) is 82.7 Å². The molecule has 1 aliphatic rings. The van der Waals surface area contributed by atoms with Crippen molar-refractivity contribution in [2.24, 2.45) is 11.3 Å². The molecule has 3 N–H and O–H groups in total. The van der Waals surface area contributed by atoms with E-state index in [-0.39, 0.29) is 23.3 Å². The minimum atomic E-state index is -0.451. The van der Waals surface area contributed by atoms with E-state index in [1.54, 1.807) is 0 Å². The number of aliphatic hydroxyl groups is 1. The van der Waals surface area contributed by atoms with E-state index in [1.807, 2.05) is 0 Å². The first kappa shape index (κ1) is 16.0. The molecule has 2 atom stereocenters. The zero-order valence-electron chi connectivity index (χ0n) is 13.0. The van der Waals surface area contributed by atoms with E-state index in [2.05, 4.69) is 26.1 Å². The Morgan fingerprint density at radius 3 is 2.71 bits per heavy atom. The molecule has 0 bridgehead atoms. The highest BCUT2D eigenvalue weighted by Crippen LogP contribution is 2.43. The lowest BCUT2D eigenvalue weighted by molar-refractivity contribution is 0.0340. The third kappa shape index (κ3) is 3.86. The largest absolute Gasteiger partial charge is 0.502 e. The maximum Gasteiger partial charge on any atom is 0.226 e. The molecule has 0 saturated heterocycles. The second-order valence-corrected chi connectivity index (χ2v) is 7.24. The molecule has 0 aliphatic heterocycles. The van der Waals surface area contributed by atoms with Gasteiger partial charge in [0.05, 0.1) is 13.2 Å². The van der Waals surface area contributed by atoms with Crippen molar-refractivity contribution in [3.63, 3.8) is 0 Å². The third-order valence-corrected chi connectivity index (χ3v) is 4.26. The third-order valence-electron chi connectivity index (χ3n) is 4.26. The van der Waals surface area contributed by atoms with Crippen LogP contribution in [0.1, 0.15) is 45.8 Å². The summed E-state index contributed by atoms with van der Waals surface area (Å²) in [6.07, 6.45) is 3.97.